The summed E-state index contributed by atoms with van der Waals surface area (Å²) in [5, 5.41) is 13.6. The lowest BCUT2D eigenvalue weighted by Crippen LogP contribution is -2.43. The summed E-state index contributed by atoms with van der Waals surface area (Å²) in [4.78, 5) is 2.36. The van der Waals surface area contributed by atoms with Gasteiger partial charge < -0.3 is 15.2 Å². The Hall–Kier alpha value is -1.26. The fourth-order valence-electron chi connectivity index (χ4n) is 2.38. The van der Waals surface area contributed by atoms with E-state index in [0.717, 1.165) is 49.4 Å². The summed E-state index contributed by atoms with van der Waals surface area (Å²) in [5.41, 5.74) is 3.32. The zero-order valence-corrected chi connectivity index (χ0v) is 11.4. The van der Waals surface area contributed by atoms with E-state index in [1.54, 1.807) is 7.11 Å². The average molecular weight is 250 g/mol. The van der Waals surface area contributed by atoms with Gasteiger partial charge in [-0.15, -0.1) is 0 Å². The molecular weight excluding hydrogens is 228 g/mol. The summed E-state index contributed by atoms with van der Waals surface area (Å²) >= 11 is 0. The van der Waals surface area contributed by atoms with Gasteiger partial charge in [0.05, 0.1) is 7.11 Å². The first-order valence-electron chi connectivity index (χ1n) is 6.42. The molecule has 0 aromatic heterocycles. The number of aromatic hydroxyl groups is 1. The summed E-state index contributed by atoms with van der Waals surface area (Å²) in [5.74, 6) is 0.863. The van der Waals surface area contributed by atoms with Crippen LogP contribution in [0, 0.1) is 13.8 Å². The van der Waals surface area contributed by atoms with Gasteiger partial charge in [-0.05, 0) is 31.0 Å². The smallest absolute Gasteiger partial charge is 0.162 e. The van der Waals surface area contributed by atoms with Gasteiger partial charge in [0.1, 0.15) is 0 Å². The second-order valence-electron chi connectivity index (χ2n) is 4.87. The molecule has 0 aliphatic carbocycles. The van der Waals surface area contributed by atoms with Gasteiger partial charge in [0.25, 0.3) is 0 Å². The first-order chi connectivity index (χ1) is 8.63. The van der Waals surface area contributed by atoms with Crippen molar-refractivity contribution in [2.45, 2.75) is 20.4 Å². The van der Waals surface area contributed by atoms with Gasteiger partial charge in [-0.2, -0.15) is 0 Å². The summed E-state index contributed by atoms with van der Waals surface area (Å²) in [6.45, 7) is 8.98. The topological polar surface area (TPSA) is 44.7 Å². The molecule has 0 unspecified atom stereocenters. The van der Waals surface area contributed by atoms with Gasteiger partial charge in [0.15, 0.2) is 11.5 Å². The third-order valence-electron chi connectivity index (χ3n) is 3.72. The first kappa shape index (κ1) is 13.2. The Labute approximate surface area is 109 Å². The highest BCUT2D eigenvalue weighted by Crippen LogP contribution is 2.35. The number of nitrogens with one attached hydrogen (secondary N) is 1. The van der Waals surface area contributed by atoms with Crippen molar-refractivity contribution in [3.8, 4) is 11.5 Å². The van der Waals surface area contributed by atoms with Crippen LogP contribution in [0.15, 0.2) is 6.07 Å². The molecule has 1 aromatic carbocycles. The maximum Gasteiger partial charge on any atom is 0.162 e. The lowest BCUT2D eigenvalue weighted by molar-refractivity contribution is 0.229. The van der Waals surface area contributed by atoms with Crippen LogP contribution in [0.4, 0.5) is 0 Å². The molecule has 18 heavy (non-hydrogen) atoms. The van der Waals surface area contributed by atoms with E-state index in [1.165, 1.54) is 0 Å². The molecule has 1 aromatic rings. The van der Waals surface area contributed by atoms with Crippen molar-refractivity contribution in [2.75, 3.05) is 33.3 Å². The zero-order chi connectivity index (χ0) is 13.1. The minimum atomic E-state index is 0.291. The Morgan fingerprint density at radius 3 is 2.61 bits per heavy atom. The van der Waals surface area contributed by atoms with Crippen molar-refractivity contribution in [1.29, 1.82) is 0 Å². The largest absolute Gasteiger partial charge is 0.504 e. The van der Waals surface area contributed by atoms with E-state index in [0.29, 0.717) is 11.5 Å². The molecule has 1 aliphatic rings. The van der Waals surface area contributed by atoms with Crippen LogP contribution in [-0.2, 0) is 6.54 Å². The molecule has 1 fully saturated rings. The number of methoxy groups -OCH3 is 1. The minimum absolute atomic E-state index is 0.291. The van der Waals surface area contributed by atoms with E-state index < -0.39 is 0 Å². The summed E-state index contributed by atoms with van der Waals surface area (Å²) in [7, 11) is 1.60. The van der Waals surface area contributed by atoms with Crippen molar-refractivity contribution in [3.05, 3.63) is 22.8 Å². The van der Waals surface area contributed by atoms with E-state index >= 15 is 0 Å². The second kappa shape index (κ2) is 5.59. The molecule has 1 saturated heterocycles. The lowest BCUT2D eigenvalue weighted by atomic mass is 10.0. The van der Waals surface area contributed by atoms with E-state index in [9.17, 15) is 5.11 Å². The van der Waals surface area contributed by atoms with Crippen molar-refractivity contribution < 1.29 is 9.84 Å². The molecule has 0 spiro atoms. The second-order valence-corrected chi connectivity index (χ2v) is 4.87. The summed E-state index contributed by atoms with van der Waals surface area (Å²) in [6, 6.07) is 1.89. The zero-order valence-electron chi connectivity index (χ0n) is 11.4. The van der Waals surface area contributed by atoms with E-state index in [4.69, 9.17) is 4.74 Å². The van der Waals surface area contributed by atoms with Gasteiger partial charge in [-0.3, -0.25) is 4.90 Å². The SMILES string of the molecule is COc1cc(C)c(C)c(CN2CCNCC2)c1O. The number of piperazine rings is 1. The van der Waals surface area contributed by atoms with Crippen LogP contribution in [0.3, 0.4) is 0 Å². The van der Waals surface area contributed by atoms with Gasteiger partial charge >= 0.3 is 0 Å². The number of nitrogens with zero attached hydrogens (tertiary/aromatic N) is 1. The highest BCUT2D eigenvalue weighted by molar-refractivity contribution is 5.52. The molecular formula is C14H22N2O2. The summed E-state index contributed by atoms with van der Waals surface area (Å²) < 4.78 is 5.23. The van der Waals surface area contributed by atoms with Crippen molar-refractivity contribution in [3.63, 3.8) is 0 Å². The molecule has 0 saturated carbocycles. The normalized spacial score (nSPS) is 16.8. The number of hydrogen-bond donors (Lipinski definition) is 2. The standard InChI is InChI=1S/C14H22N2O2/c1-10-8-13(18-3)14(17)12(11(10)2)9-16-6-4-15-5-7-16/h8,15,17H,4-7,9H2,1-3H3. The Kier molecular flexibility index (Phi) is 4.09. The maximum absolute atomic E-state index is 10.3. The highest BCUT2D eigenvalue weighted by atomic mass is 16.5. The van der Waals surface area contributed by atoms with Gasteiger partial charge in [0, 0.05) is 38.3 Å². The molecule has 1 aliphatic heterocycles. The van der Waals surface area contributed by atoms with Crippen molar-refractivity contribution >= 4 is 0 Å². The number of ether oxygens (including phenoxy) is 1. The highest BCUT2D eigenvalue weighted by Gasteiger charge is 2.17. The van der Waals surface area contributed by atoms with Crippen molar-refractivity contribution in [1.82, 2.24) is 10.2 Å². The van der Waals surface area contributed by atoms with Crippen LogP contribution in [0.2, 0.25) is 0 Å². The number of hydrogen-bond acceptors (Lipinski definition) is 4. The quantitative estimate of drug-likeness (QED) is 0.851. The van der Waals surface area contributed by atoms with Crippen LogP contribution in [0.5, 0.6) is 11.5 Å². The van der Waals surface area contributed by atoms with Gasteiger partial charge in [-0.1, -0.05) is 0 Å². The number of aryl methyl sites for hydroxylation is 1. The molecule has 4 nitrogen and oxygen atoms in total. The lowest BCUT2D eigenvalue weighted by Gasteiger charge is -2.28. The third-order valence-corrected chi connectivity index (χ3v) is 3.72. The van der Waals surface area contributed by atoms with Crippen LogP contribution in [0.1, 0.15) is 16.7 Å². The third kappa shape index (κ3) is 2.60. The van der Waals surface area contributed by atoms with Crippen molar-refractivity contribution in [2.24, 2.45) is 0 Å². The van der Waals surface area contributed by atoms with Crippen LogP contribution in [0.25, 0.3) is 0 Å². The monoisotopic (exact) mass is 250 g/mol. The van der Waals surface area contributed by atoms with E-state index in [1.807, 2.05) is 6.07 Å². The average Bonchev–Trinajstić information content (AvgIpc) is 2.40. The van der Waals surface area contributed by atoms with E-state index in [-0.39, 0.29) is 0 Å². The van der Waals surface area contributed by atoms with Gasteiger partial charge in [-0.25, -0.2) is 0 Å². The van der Waals surface area contributed by atoms with Crippen LogP contribution in [-0.4, -0.2) is 43.3 Å². The Morgan fingerprint density at radius 1 is 1.33 bits per heavy atom. The molecule has 0 radical (unpaired) electrons. The predicted octanol–water partition coefficient (Wildman–Crippen LogP) is 1.42. The summed E-state index contributed by atoms with van der Waals surface area (Å²) in [6.07, 6.45) is 0. The molecule has 1 heterocycles. The number of rotatable bonds is 3. The molecule has 0 bridgehead atoms. The van der Waals surface area contributed by atoms with E-state index in [2.05, 4.69) is 24.1 Å². The molecule has 2 N–H and O–H groups in total. The Balaban J connectivity index is 2.27. The van der Waals surface area contributed by atoms with Crippen LogP contribution < -0.4 is 10.1 Å². The predicted molar refractivity (Wildman–Crippen MR) is 72.3 cm³/mol. The number of benzene rings is 1. The molecule has 2 rings (SSSR count). The first-order valence-corrected chi connectivity index (χ1v) is 6.42. The minimum Gasteiger partial charge on any atom is -0.504 e. The Bertz CT molecular complexity index is 426. The number of phenols is 1. The maximum atomic E-state index is 10.3. The molecule has 0 amide bonds. The molecule has 4 heteroatoms. The molecule has 100 valence electrons. The molecule has 0 atom stereocenters. The fraction of sp³-hybridized carbons (Fsp3) is 0.571. The fourth-order valence-corrected chi connectivity index (χ4v) is 2.38. The van der Waals surface area contributed by atoms with Gasteiger partial charge in [0.2, 0.25) is 0 Å². The Morgan fingerprint density at radius 2 is 2.00 bits per heavy atom. The van der Waals surface area contributed by atoms with Crippen LogP contribution >= 0.6 is 0 Å². The number of phenolic OH excluding ortho intramolecular Hbond substituents is 1.